The lowest BCUT2D eigenvalue weighted by atomic mass is 10.2. The zero-order chi connectivity index (χ0) is 17.5. The van der Waals surface area contributed by atoms with Gasteiger partial charge in [0.15, 0.2) is 0 Å². The van der Waals surface area contributed by atoms with Crippen LogP contribution in [0.2, 0.25) is 0 Å². The van der Waals surface area contributed by atoms with E-state index >= 15 is 0 Å². The lowest BCUT2D eigenvalue weighted by molar-refractivity contribution is -0.185. The minimum Gasteiger partial charge on any atom is -0.331 e. The summed E-state index contributed by atoms with van der Waals surface area (Å²) < 4.78 is 37.5. The molecule has 23 heavy (non-hydrogen) atoms. The number of hydrogen-bond donors (Lipinski definition) is 1. The summed E-state index contributed by atoms with van der Waals surface area (Å²) in [5.41, 5.74) is 0.963. The van der Waals surface area contributed by atoms with E-state index in [-0.39, 0.29) is 19.0 Å². The lowest BCUT2D eigenvalue weighted by Crippen LogP contribution is -2.40. The molecule has 0 saturated carbocycles. The first-order chi connectivity index (χ1) is 10.8. The fraction of sp³-hybridized carbons (Fsp3) is 0.375. The molecule has 1 aromatic carbocycles. The first-order valence-electron chi connectivity index (χ1n) is 7.20. The highest BCUT2D eigenvalue weighted by Gasteiger charge is 2.41. The number of anilines is 1. The van der Waals surface area contributed by atoms with Crippen LogP contribution in [0.1, 0.15) is 25.8 Å². The third kappa shape index (κ3) is 6.14. The van der Waals surface area contributed by atoms with Crippen LogP contribution in [0, 0.1) is 0 Å². The van der Waals surface area contributed by atoms with Crippen LogP contribution < -0.4 is 5.32 Å². The maximum Gasteiger partial charge on any atom is 0.471 e. The van der Waals surface area contributed by atoms with Gasteiger partial charge in [0.1, 0.15) is 0 Å². The summed E-state index contributed by atoms with van der Waals surface area (Å²) in [5.74, 6) is -2.19. The summed E-state index contributed by atoms with van der Waals surface area (Å²) in [6, 6.07) is 6.39. The molecule has 0 saturated heterocycles. The number of carbonyl (C=O) groups excluding carboxylic acids is 2. The average Bonchev–Trinajstić information content (AvgIpc) is 2.49. The minimum absolute atomic E-state index is 0.0613. The number of carbonyl (C=O) groups is 2. The predicted octanol–water partition coefficient (Wildman–Crippen LogP) is 3.50. The number of halogens is 3. The van der Waals surface area contributed by atoms with Gasteiger partial charge in [-0.3, -0.25) is 9.59 Å². The van der Waals surface area contributed by atoms with E-state index in [1.807, 2.05) is 6.92 Å². The summed E-state index contributed by atoms with van der Waals surface area (Å²) >= 11 is 0. The second-order valence-electron chi connectivity index (χ2n) is 4.82. The van der Waals surface area contributed by atoms with Crippen molar-refractivity contribution >= 4 is 17.5 Å². The van der Waals surface area contributed by atoms with Gasteiger partial charge < -0.3 is 10.2 Å². The first-order valence-corrected chi connectivity index (χ1v) is 7.20. The molecule has 0 radical (unpaired) electrons. The molecule has 4 nitrogen and oxygen atoms in total. The van der Waals surface area contributed by atoms with E-state index in [4.69, 9.17) is 0 Å². The molecule has 126 valence electrons. The van der Waals surface area contributed by atoms with Crippen LogP contribution in [0.25, 0.3) is 0 Å². The fourth-order valence-electron chi connectivity index (χ4n) is 1.88. The number of benzene rings is 1. The van der Waals surface area contributed by atoms with Crippen molar-refractivity contribution in [2.75, 3.05) is 11.9 Å². The monoisotopic (exact) mass is 328 g/mol. The summed E-state index contributed by atoms with van der Waals surface area (Å²) in [7, 11) is 0. The number of rotatable bonds is 6. The Labute approximate surface area is 133 Å². The van der Waals surface area contributed by atoms with Crippen LogP contribution in [0.4, 0.5) is 18.9 Å². The Balaban J connectivity index is 2.81. The normalized spacial score (nSPS) is 11.5. The van der Waals surface area contributed by atoms with Crippen molar-refractivity contribution in [3.05, 3.63) is 42.0 Å². The van der Waals surface area contributed by atoms with Crippen molar-refractivity contribution < 1.29 is 22.8 Å². The van der Waals surface area contributed by atoms with E-state index < -0.39 is 12.1 Å². The molecule has 1 aromatic rings. The van der Waals surface area contributed by atoms with Gasteiger partial charge in [-0.25, -0.2) is 0 Å². The fourth-order valence-corrected chi connectivity index (χ4v) is 1.88. The highest BCUT2D eigenvalue weighted by atomic mass is 19.4. The zero-order valence-corrected chi connectivity index (χ0v) is 13.0. The van der Waals surface area contributed by atoms with Gasteiger partial charge in [-0.2, -0.15) is 13.2 Å². The molecule has 0 bridgehead atoms. The van der Waals surface area contributed by atoms with Crippen LogP contribution in [-0.2, 0) is 16.1 Å². The van der Waals surface area contributed by atoms with Crippen LogP contribution in [-0.4, -0.2) is 29.4 Å². The number of hydrogen-bond acceptors (Lipinski definition) is 2. The maximum atomic E-state index is 12.5. The second kappa shape index (κ2) is 8.36. The topological polar surface area (TPSA) is 49.4 Å². The predicted molar refractivity (Wildman–Crippen MR) is 81.6 cm³/mol. The minimum atomic E-state index is -4.90. The molecule has 7 heteroatoms. The Morgan fingerprint density at radius 3 is 2.52 bits per heavy atom. The molecule has 1 rings (SSSR count). The number of nitrogens with zero attached hydrogens (tertiary/aromatic N) is 1. The molecule has 0 spiro atoms. The SMILES string of the molecule is CC/C=C/C(=O)Nc1cccc(CN(CC)C(=O)C(F)(F)F)c1. The van der Waals surface area contributed by atoms with Crippen molar-refractivity contribution in [3.63, 3.8) is 0 Å². The summed E-state index contributed by atoms with van der Waals surface area (Å²) in [6.45, 7) is 3.13. The zero-order valence-electron chi connectivity index (χ0n) is 13.0. The molecule has 0 fully saturated rings. The van der Waals surface area contributed by atoms with Gasteiger partial charge in [0, 0.05) is 18.8 Å². The lowest BCUT2D eigenvalue weighted by Gasteiger charge is -2.22. The van der Waals surface area contributed by atoms with Gasteiger partial charge in [0.25, 0.3) is 0 Å². The third-order valence-corrected chi connectivity index (χ3v) is 2.98. The summed E-state index contributed by atoms with van der Waals surface area (Å²) in [4.78, 5) is 23.6. The highest BCUT2D eigenvalue weighted by Crippen LogP contribution is 2.20. The number of amides is 2. The van der Waals surface area contributed by atoms with Crippen molar-refractivity contribution in [2.24, 2.45) is 0 Å². The smallest absolute Gasteiger partial charge is 0.331 e. The van der Waals surface area contributed by atoms with Gasteiger partial charge in [-0.1, -0.05) is 25.1 Å². The van der Waals surface area contributed by atoms with Gasteiger partial charge in [0.2, 0.25) is 5.91 Å². The van der Waals surface area contributed by atoms with Gasteiger partial charge >= 0.3 is 12.1 Å². The Morgan fingerprint density at radius 2 is 1.96 bits per heavy atom. The van der Waals surface area contributed by atoms with E-state index in [0.717, 1.165) is 6.42 Å². The molecule has 0 aliphatic heterocycles. The molecule has 0 aliphatic rings. The van der Waals surface area contributed by atoms with E-state index in [9.17, 15) is 22.8 Å². The Morgan fingerprint density at radius 1 is 1.26 bits per heavy atom. The Bertz CT molecular complexity index is 583. The highest BCUT2D eigenvalue weighted by molar-refractivity contribution is 5.99. The molecule has 0 atom stereocenters. The Hall–Kier alpha value is -2.31. The molecule has 1 N–H and O–H groups in total. The van der Waals surface area contributed by atoms with Gasteiger partial charge in [0.05, 0.1) is 0 Å². The van der Waals surface area contributed by atoms with Gasteiger partial charge in [-0.15, -0.1) is 0 Å². The van der Waals surface area contributed by atoms with Crippen LogP contribution in [0.5, 0.6) is 0 Å². The first kappa shape index (κ1) is 18.7. The molecular formula is C16H19F3N2O2. The van der Waals surface area contributed by atoms with Gasteiger partial charge in [-0.05, 0) is 37.1 Å². The number of nitrogens with one attached hydrogen (secondary N) is 1. The van der Waals surface area contributed by atoms with E-state index in [0.29, 0.717) is 16.2 Å². The van der Waals surface area contributed by atoms with E-state index in [1.165, 1.54) is 13.0 Å². The van der Waals surface area contributed by atoms with Crippen molar-refractivity contribution in [2.45, 2.75) is 33.0 Å². The summed E-state index contributed by atoms with van der Waals surface area (Å²) in [5, 5.41) is 2.62. The van der Waals surface area contributed by atoms with Crippen LogP contribution in [0.15, 0.2) is 36.4 Å². The third-order valence-electron chi connectivity index (χ3n) is 2.98. The average molecular weight is 328 g/mol. The second-order valence-corrected chi connectivity index (χ2v) is 4.82. The van der Waals surface area contributed by atoms with Crippen LogP contribution >= 0.6 is 0 Å². The number of alkyl halides is 3. The largest absolute Gasteiger partial charge is 0.471 e. The molecule has 0 aromatic heterocycles. The standard InChI is InChI=1S/C16H19F3N2O2/c1-3-5-9-14(22)20-13-8-6-7-12(10-13)11-21(4-2)15(23)16(17,18)19/h5-10H,3-4,11H2,1-2H3,(H,20,22)/b9-5+. The van der Waals surface area contributed by atoms with E-state index in [1.54, 1.807) is 30.3 Å². The van der Waals surface area contributed by atoms with Crippen molar-refractivity contribution in [1.82, 2.24) is 4.90 Å². The van der Waals surface area contributed by atoms with E-state index in [2.05, 4.69) is 5.32 Å². The molecular weight excluding hydrogens is 309 g/mol. The molecule has 2 amide bonds. The maximum absolute atomic E-state index is 12.5. The van der Waals surface area contributed by atoms with Crippen molar-refractivity contribution in [1.29, 1.82) is 0 Å². The molecule has 0 aliphatic carbocycles. The summed E-state index contributed by atoms with van der Waals surface area (Å²) in [6.07, 6.45) is -1.09. The van der Waals surface area contributed by atoms with Crippen molar-refractivity contribution in [3.8, 4) is 0 Å². The number of allylic oxidation sites excluding steroid dienone is 1. The Kier molecular flexibility index (Phi) is 6.81. The van der Waals surface area contributed by atoms with Crippen LogP contribution in [0.3, 0.4) is 0 Å². The molecule has 0 unspecified atom stereocenters. The molecule has 0 heterocycles. The quantitative estimate of drug-likeness (QED) is 0.813.